The molecule has 804 valence electrons. The van der Waals surface area contributed by atoms with Crippen molar-refractivity contribution in [1.82, 2.24) is 77.0 Å². The lowest BCUT2D eigenvalue weighted by molar-refractivity contribution is -0.130. The van der Waals surface area contributed by atoms with Crippen LogP contribution in [0.4, 0.5) is 0 Å². The van der Waals surface area contributed by atoms with E-state index in [2.05, 4.69) is 66.1 Å². The number of aromatic nitrogens is 12. The van der Waals surface area contributed by atoms with Crippen molar-refractivity contribution in [2.24, 2.45) is 41.2 Å². The van der Waals surface area contributed by atoms with Crippen LogP contribution in [0.25, 0.3) is 0 Å². The van der Waals surface area contributed by atoms with Gasteiger partial charge in [-0.3, -0.25) is 24.2 Å². The molecule has 7 aromatic rings. The minimum Gasteiger partial charge on any atom is -0.460 e. The van der Waals surface area contributed by atoms with Crippen LogP contribution >= 0.6 is 0 Å². The Morgan fingerprint density at radius 2 is 0.667 bits per heavy atom. The lowest BCUT2D eigenvalue weighted by atomic mass is 9.84. The minimum atomic E-state index is -3.91. The van der Waals surface area contributed by atoms with Gasteiger partial charge in [0.25, 0.3) is 15.9 Å². The molecule has 6 aliphatic carbocycles. The topological polar surface area (TPSA) is 528 Å². The number of nitrogens with one attached hydrogen (secondary N) is 3. The lowest BCUT2D eigenvalue weighted by Gasteiger charge is -2.22. The quantitative estimate of drug-likeness (QED) is 0.00612. The maximum absolute atomic E-state index is 12.3. The second-order valence-electron chi connectivity index (χ2n) is 41.3. The summed E-state index contributed by atoms with van der Waals surface area (Å²) < 4.78 is 66.4. The van der Waals surface area contributed by atoms with Gasteiger partial charge in [0.05, 0.1) is 24.6 Å². The van der Waals surface area contributed by atoms with E-state index in [0.29, 0.717) is 91.5 Å². The van der Waals surface area contributed by atoms with Gasteiger partial charge < -0.3 is 67.0 Å². The molecule has 0 bridgehead atoms. The number of nitrogens with zero attached hydrogens (tertiary/aromatic N) is 12. The average Bonchev–Trinajstić information content (AvgIpc) is 1.01. The number of hydrogen-bond acceptors (Lipinski definition) is 34. The standard InChI is InChI=1S/C23H32N2O5S.C18H28N2O4.C17H28N2O2.C16H29BN4O4.C16H27N3O3.C16H27N3O2/c1-17-11-13-21(14-12-17)31(27,28)29-16-22-24-23(30-25-22)20(15-18(2)26)10-6-9-19-7-4-3-5-8-19;1-3-23-18(22)16-19-17(24-20-16)15(12-13(2)21)11-7-10-14-8-5-4-6-9-14;1-3-16-18-17(21-19-16)15(12-13(2)20)11-7-10-14-8-5-4-6-9-14;1-17(23)18-11-14-19-16(25-21-14)13(10-15(22)20-24)9-5-8-12-6-3-2-4-7-12;1-2-14-17-16(22-19-14)13(11-15(20)18-21)10-6-9-12-7-4-3-5-8-12;1-12(20)10-14(16-18-15(11-17)19-21-16)9-5-8-13-6-3-2-4-7-13/h11-14,19-20H,3-10,15-16H2,1-2H3;14-15H,3-12H2,1-2H3;14-15H,3-12H2,1-2H3;12-13,18,23-24H,2-11H2,1H3,(H,20,22);12-13,21H,2-11H2,1H3,(H,18,20);13-14H,2-11,17H2,1H3/t20-;2*15-;2*13-;14-/m111111/s1. The van der Waals surface area contributed by atoms with E-state index in [1.807, 2.05) is 20.8 Å². The molecule has 0 radical (unpaired) electrons. The third-order valence-electron chi connectivity index (χ3n) is 29.0. The fourth-order valence-electron chi connectivity index (χ4n) is 21.1. The third-order valence-corrected chi connectivity index (χ3v) is 30.3. The van der Waals surface area contributed by atoms with Crippen molar-refractivity contribution in [3.63, 3.8) is 0 Å². The van der Waals surface area contributed by atoms with Gasteiger partial charge in [0.1, 0.15) is 29.7 Å². The van der Waals surface area contributed by atoms with E-state index in [0.717, 1.165) is 143 Å². The number of Topliss-reactive ketones (excluding diaryl/α,β-unsaturated/α-hetero) is 4. The predicted octanol–water partition coefficient (Wildman–Crippen LogP) is 22.3. The van der Waals surface area contributed by atoms with Crippen LogP contribution in [0, 0.1) is 42.4 Å². The summed E-state index contributed by atoms with van der Waals surface area (Å²) >= 11 is 0. The molecule has 144 heavy (non-hydrogen) atoms. The summed E-state index contributed by atoms with van der Waals surface area (Å²) in [4.78, 5) is 107. The Kier molecular flexibility index (Phi) is 57.1. The van der Waals surface area contributed by atoms with E-state index in [-0.39, 0.29) is 108 Å². The van der Waals surface area contributed by atoms with E-state index < -0.39 is 35.0 Å². The number of ether oxygens (including phenoxy) is 1. The highest BCUT2D eigenvalue weighted by Gasteiger charge is 2.32. The minimum absolute atomic E-state index is 0.0545. The van der Waals surface area contributed by atoms with Gasteiger partial charge in [-0.2, -0.15) is 38.3 Å². The Morgan fingerprint density at radius 3 is 0.944 bits per heavy atom. The van der Waals surface area contributed by atoms with Crippen molar-refractivity contribution >= 4 is 58.1 Å². The Labute approximate surface area is 853 Å². The molecule has 6 fully saturated rings. The molecule has 0 unspecified atom stereocenters. The zero-order valence-corrected chi connectivity index (χ0v) is 88.7. The first-order chi connectivity index (χ1) is 69.6. The summed E-state index contributed by atoms with van der Waals surface area (Å²) in [6, 6.07) is 6.42. The summed E-state index contributed by atoms with van der Waals surface area (Å²) in [5.41, 5.74) is 9.84. The maximum atomic E-state index is 12.3. The molecular formula is C106H171BN16O20S. The Hall–Kier alpha value is -9.08. The number of benzene rings is 1. The number of aryl methyl sites for hydroxylation is 3. The van der Waals surface area contributed by atoms with Crippen LogP contribution < -0.4 is 21.9 Å². The Balaban J connectivity index is 0.000000212. The molecule has 0 saturated heterocycles. The first-order valence-corrected chi connectivity index (χ1v) is 56.1. The van der Waals surface area contributed by atoms with Gasteiger partial charge >= 0.3 is 13.0 Å². The molecule has 6 atom stereocenters. The van der Waals surface area contributed by atoms with Gasteiger partial charge in [0.2, 0.25) is 47.2 Å². The van der Waals surface area contributed by atoms with E-state index in [4.69, 9.17) is 52.2 Å². The largest absolute Gasteiger partial charge is 0.460 e. The van der Waals surface area contributed by atoms with Crippen molar-refractivity contribution in [2.75, 3.05) is 6.61 Å². The highest BCUT2D eigenvalue weighted by molar-refractivity contribution is 7.86. The van der Waals surface area contributed by atoms with Crippen LogP contribution in [0.5, 0.6) is 0 Å². The highest BCUT2D eigenvalue weighted by Crippen LogP contribution is 2.39. The van der Waals surface area contributed by atoms with Crippen molar-refractivity contribution < 1.29 is 93.5 Å². The lowest BCUT2D eigenvalue weighted by Crippen LogP contribution is -2.30. The normalized spacial score (nSPS) is 17.0. The van der Waals surface area contributed by atoms with Gasteiger partial charge in [-0.1, -0.05) is 327 Å². The van der Waals surface area contributed by atoms with Crippen molar-refractivity contribution in [1.29, 1.82) is 0 Å². The van der Waals surface area contributed by atoms with Crippen LogP contribution in [0.1, 0.15) is 511 Å². The summed E-state index contributed by atoms with van der Waals surface area (Å²) in [5, 5.41) is 52.7. The van der Waals surface area contributed by atoms with Crippen molar-refractivity contribution in [3.05, 3.63) is 100 Å². The molecule has 8 N–H and O–H groups in total. The van der Waals surface area contributed by atoms with E-state index >= 15 is 0 Å². The second-order valence-corrected chi connectivity index (χ2v) is 42.9. The summed E-state index contributed by atoms with van der Waals surface area (Å²) in [6.45, 7) is 16.1. The fourth-order valence-corrected chi connectivity index (χ4v) is 21.9. The molecule has 13 rings (SSSR count). The van der Waals surface area contributed by atoms with Crippen molar-refractivity contribution in [3.8, 4) is 0 Å². The van der Waals surface area contributed by atoms with E-state index in [9.17, 15) is 47.0 Å². The molecule has 36 nitrogen and oxygen atoms in total. The number of amides is 2. The third kappa shape index (κ3) is 47.4. The fraction of sp³-hybridized carbons (Fsp3) is 0.764. The number of ketones is 4. The van der Waals surface area contributed by atoms with Crippen LogP contribution in [0.3, 0.4) is 0 Å². The van der Waals surface area contributed by atoms with Gasteiger partial charge in [0, 0.05) is 86.9 Å². The molecule has 1 aromatic carbocycles. The monoisotopic (exact) mass is 2030 g/mol. The number of nitrogens with two attached hydrogens (primary N) is 1. The smallest absolute Gasteiger partial charge is 0.379 e. The molecule has 6 aromatic heterocycles. The van der Waals surface area contributed by atoms with E-state index in [1.165, 1.54) is 230 Å². The second kappa shape index (κ2) is 68.5. The molecule has 0 spiro atoms. The highest BCUT2D eigenvalue weighted by atomic mass is 32.2. The van der Waals surface area contributed by atoms with Crippen LogP contribution in [0.15, 0.2) is 56.3 Å². The summed E-state index contributed by atoms with van der Waals surface area (Å²) in [6.07, 6.45) is 62.8. The van der Waals surface area contributed by atoms with Crippen LogP contribution in [0.2, 0.25) is 6.82 Å². The molecule has 2 amide bonds. The first-order valence-electron chi connectivity index (χ1n) is 54.7. The predicted molar refractivity (Wildman–Crippen MR) is 542 cm³/mol. The zero-order chi connectivity index (χ0) is 104. The average molecular weight is 2030 g/mol. The van der Waals surface area contributed by atoms with Crippen LogP contribution in [-0.4, -0.2) is 139 Å². The SMILES string of the molecule is CB(O)NCc1noc([C@H](CCCC2CCCCC2)CC(=O)NO)n1.CC(=O)C[C@@H](CCCC1CCCCC1)c1nc(CN)no1.CC(=O)C[C@@H](CCCC1CCCCC1)c1nc(COS(=O)(=O)c2ccc(C)cc2)no1.CCOC(=O)c1noc([C@H](CCCC2CCCCC2)CC(C)=O)n1.CCc1noc([C@H](CCCC2CCCCC2)CC(=O)NO)n1.CCc1noc([C@H](CCCC2CCCCC2)CC(C)=O)n1. The summed E-state index contributed by atoms with van der Waals surface area (Å²) in [7, 11) is -4.57. The zero-order valence-electron chi connectivity index (χ0n) is 87.9. The number of hydrogen-bond donors (Lipinski definition) is 7. The molecule has 0 aliphatic heterocycles. The summed E-state index contributed by atoms with van der Waals surface area (Å²) in [5.74, 6) is 9.05. The number of esters is 1. The molecule has 6 aliphatic rings. The van der Waals surface area contributed by atoms with E-state index in [1.54, 1.807) is 64.5 Å². The van der Waals surface area contributed by atoms with Gasteiger partial charge in [-0.15, -0.1) is 0 Å². The number of hydroxylamine groups is 2. The molecular weight excluding hydrogens is 1860 g/mol. The molecule has 6 heterocycles. The first kappa shape index (κ1) is 120. The van der Waals surface area contributed by atoms with Crippen LogP contribution in [-0.2, 0) is 80.3 Å². The Morgan fingerprint density at radius 1 is 0.396 bits per heavy atom. The Bertz CT molecular complexity index is 4770. The van der Waals surface area contributed by atoms with Gasteiger partial charge in [-0.05, 0) is 140 Å². The van der Waals surface area contributed by atoms with Crippen molar-refractivity contribution in [2.45, 2.75) is 482 Å². The number of rotatable bonds is 54. The number of carbonyl (C=O) groups is 7. The molecule has 6 saturated carbocycles. The number of carbonyl (C=O) groups excluding carboxylic acids is 7. The van der Waals surface area contributed by atoms with Gasteiger partial charge in [-0.25, -0.2) is 15.8 Å². The molecule has 38 heteroatoms. The maximum Gasteiger partial charge on any atom is 0.379 e. The van der Waals surface area contributed by atoms with Gasteiger partial charge in [0.15, 0.2) is 29.1 Å².